The fraction of sp³-hybridized carbons (Fsp3) is 0.577. The maximum atomic E-state index is 13.8. The van der Waals surface area contributed by atoms with Crippen LogP contribution in [0.15, 0.2) is 18.2 Å². The van der Waals surface area contributed by atoms with E-state index in [1.807, 2.05) is 4.90 Å². The summed E-state index contributed by atoms with van der Waals surface area (Å²) in [5, 5.41) is 21.5. The number of anilines is 2. The zero-order valence-corrected chi connectivity index (χ0v) is 22.7. The van der Waals surface area contributed by atoms with Gasteiger partial charge < -0.3 is 26.2 Å². The second kappa shape index (κ2) is 13.1. The van der Waals surface area contributed by atoms with Crippen molar-refractivity contribution in [3.63, 3.8) is 0 Å². The molecule has 2 atom stereocenters. The van der Waals surface area contributed by atoms with E-state index >= 15 is 0 Å². The average molecular weight is 568 g/mol. The molecule has 4 rings (SSSR count). The van der Waals surface area contributed by atoms with Crippen molar-refractivity contribution in [2.24, 2.45) is 0 Å². The average Bonchev–Trinajstić information content (AvgIpc) is 2.95. The first-order chi connectivity index (χ1) is 18.8. The van der Waals surface area contributed by atoms with Gasteiger partial charge in [-0.1, -0.05) is 24.6 Å². The topological polar surface area (TPSA) is 131 Å². The quantitative estimate of drug-likeness (QED) is 0.358. The second-order valence-electron chi connectivity index (χ2n) is 9.94. The number of piperidine rings is 1. The maximum absolute atomic E-state index is 13.8. The number of benzene rings is 1. The van der Waals surface area contributed by atoms with Gasteiger partial charge in [0.05, 0.1) is 19.3 Å². The zero-order chi connectivity index (χ0) is 28.1. The van der Waals surface area contributed by atoms with Gasteiger partial charge in [-0.3, -0.25) is 14.6 Å². The molecule has 0 radical (unpaired) electrons. The van der Waals surface area contributed by atoms with Crippen molar-refractivity contribution in [3.8, 4) is 0 Å². The van der Waals surface area contributed by atoms with Crippen molar-refractivity contribution in [3.05, 3.63) is 46.2 Å². The second-order valence-corrected chi connectivity index (χ2v) is 10.3. The van der Waals surface area contributed by atoms with Gasteiger partial charge in [-0.2, -0.15) is 0 Å². The van der Waals surface area contributed by atoms with Crippen LogP contribution in [0.5, 0.6) is 0 Å². The number of nitrogens with one attached hydrogen (secondary N) is 1. The lowest BCUT2D eigenvalue weighted by Gasteiger charge is -2.48. The van der Waals surface area contributed by atoms with Gasteiger partial charge in [-0.15, -0.1) is 0 Å². The highest BCUT2D eigenvalue weighted by molar-refractivity contribution is 6.32. The highest BCUT2D eigenvalue weighted by atomic mass is 35.5. The van der Waals surface area contributed by atoms with Crippen LogP contribution in [0.3, 0.4) is 0 Å². The smallest absolute Gasteiger partial charge is 0.273 e. The third kappa shape index (κ3) is 6.58. The normalized spacial score (nSPS) is 20.3. The fourth-order valence-corrected chi connectivity index (χ4v) is 5.87. The highest BCUT2D eigenvalue weighted by Crippen LogP contribution is 2.31. The molecule has 0 saturated carbocycles. The maximum Gasteiger partial charge on any atom is 0.273 e. The predicted molar refractivity (Wildman–Crippen MR) is 145 cm³/mol. The lowest BCUT2D eigenvalue weighted by Crippen LogP contribution is -2.58. The Kier molecular flexibility index (Phi) is 9.89. The van der Waals surface area contributed by atoms with E-state index in [0.717, 1.165) is 45.0 Å². The van der Waals surface area contributed by atoms with Gasteiger partial charge in [0.25, 0.3) is 5.91 Å². The molecule has 1 aromatic carbocycles. The molecule has 39 heavy (non-hydrogen) atoms. The SMILES string of the molecule is CC[C@H]1CN(c2nc(N)c(C(=O)NCCO)nc2Cl)CCN1C1CCN(C(CO)c2ccc(F)c(F)c2)CC1. The van der Waals surface area contributed by atoms with Gasteiger partial charge in [0.1, 0.15) is 0 Å². The molecular weight excluding hydrogens is 532 g/mol. The van der Waals surface area contributed by atoms with E-state index in [1.54, 1.807) is 0 Å². The number of aromatic nitrogens is 2. The molecule has 2 aromatic rings. The van der Waals surface area contributed by atoms with E-state index in [1.165, 1.54) is 12.1 Å². The van der Waals surface area contributed by atoms with Crippen LogP contribution < -0.4 is 16.0 Å². The van der Waals surface area contributed by atoms with Gasteiger partial charge in [-0.05, 0) is 37.0 Å². The van der Waals surface area contributed by atoms with E-state index < -0.39 is 17.5 Å². The van der Waals surface area contributed by atoms with Crippen LogP contribution >= 0.6 is 11.6 Å². The van der Waals surface area contributed by atoms with Gasteiger partial charge in [0.15, 0.2) is 34.1 Å². The summed E-state index contributed by atoms with van der Waals surface area (Å²) in [6.45, 7) is 5.43. The number of carbonyl (C=O) groups is 1. The lowest BCUT2D eigenvalue weighted by molar-refractivity contribution is 0.0355. The predicted octanol–water partition coefficient (Wildman–Crippen LogP) is 1.81. The Morgan fingerprint density at radius 1 is 1.18 bits per heavy atom. The molecule has 0 bridgehead atoms. The van der Waals surface area contributed by atoms with Crippen LogP contribution in [0.1, 0.15) is 48.3 Å². The van der Waals surface area contributed by atoms with E-state index in [9.17, 15) is 18.7 Å². The summed E-state index contributed by atoms with van der Waals surface area (Å²) in [5.74, 6) is -1.92. The number of rotatable bonds is 9. The number of nitrogens with two attached hydrogens (primary N) is 1. The number of carbonyl (C=O) groups excluding carboxylic acids is 1. The summed E-state index contributed by atoms with van der Waals surface area (Å²) in [6, 6.07) is 4.02. The molecule has 3 heterocycles. The number of halogens is 3. The van der Waals surface area contributed by atoms with E-state index in [2.05, 4.69) is 32.0 Å². The number of hydrogen-bond acceptors (Lipinski definition) is 9. The Morgan fingerprint density at radius 3 is 2.56 bits per heavy atom. The molecule has 5 N–H and O–H groups in total. The van der Waals surface area contributed by atoms with Gasteiger partial charge >= 0.3 is 0 Å². The number of amides is 1. The minimum absolute atomic E-state index is 0.0211. The van der Waals surface area contributed by atoms with E-state index in [0.29, 0.717) is 30.5 Å². The van der Waals surface area contributed by atoms with Crippen molar-refractivity contribution in [2.45, 2.75) is 44.3 Å². The molecule has 2 fully saturated rings. The Hall–Kier alpha value is -2.64. The van der Waals surface area contributed by atoms with Gasteiger partial charge in [0, 0.05) is 51.4 Å². The van der Waals surface area contributed by atoms with E-state index in [4.69, 9.17) is 22.4 Å². The standard InChI is InChI=1S/C26H36ClF2N7O3/c1-2-17-14-35(25-23(27)32-22(24(30)33-25)26(39)31-7-12-37)10-11-36(17)18-5-8-34(9-6-18)21(15-38)16-3-4-19(28)20(29)13-16/h3-4,13,17-18,21,37-38H,2,5-12,14-15H2,1H3,(H2,30,33)(H,31,39)/t17-,21?/m0/s1. The third-order valence-electron chi connectivity index (χ3n) is 7.69. The molecule has 2 aliphatic rings. The molecule has 10 nitrogen and oxygen atoms in total. The third-order valence-corrected chi connectivity index (χ3v) is 7.94. The highest BCUT2D eigenvalue weighted by Gasteiger charge is 2.36. The Bertz CT molecular complexity index is 1150. The molecule has 0 spiro atoms. The largest absolute Gasteiger partial charge is 0.395 e. The molecule has 1 unspecified atom stereocenters. The molecule has 1 aromatic heterocycles. The van der Waals surface area contributed by atoms with Crippen LogP contribution in [-0.2, 0) is 0 Å². The van der Waals surface area contributed by atoms with Gasteiger partial charge in [-0.25, -0.2) is 18.7 Å². The minimum Gasteiger partial charge on any atom is -0.395 e. The van der Waals surface area contributed by atoms with Crippen LogP contribution in [-0.4, -0.2) is 100 Å². The van der Waals surface area contributed by atoms with Crippen molar-refractivity contribution in [1.82, 2.24) is 25.1 Å². The number of aliphatic hydroxyl groups excluding tert-OH is 2. The number of piperazine rings is 1. The molecule has 2 aliphatic heterocycles. The first kappa shape index (κ1) is 29.3. The summed E-state index contributed by atoms with van der Waals surface area (Å²) >= 11 is 6.43. The molecule has 0 aliphatic carbocycles. The lowest BCUT2D eigenvalue weighted by atomic mass is 9.95. The first-order valence-corrected chi connectivity index (χ1v) is 13.7. The molecule has 1 amide bonds. The van der Waals surface area contributed by atoms with Crippen molar-refractivity contribution < 1.29 is 23.8 Å². The van der Waals surface area contributed by atoms with Crippen molar-refractivity contribution in [2.75, 3.05) is 63.1 Å². The summed E-state index contributed by atoms with van der Waals surface area (Å²) in [4.78, 5) is 27.5. The van der Waals surface area contributed by atoms with Crippen molar-refractivity contribution >= 4 is 29.1 Å². The first-order valence-electron chi connectivity index (χ1n) is 13.3. The Morgan fingerprint density at radius 2 is 1.92 bits per heavy atom. The van der Waals surface area contributed by atoms with Crippen LogP contribution in [0.2, 0.25) is 5.15 Å². The molecule has 214 valence electrons. The summed E-state index contributed by atoms with van der Waals surface area (Å²) in [5.41, 5.74) is 6.54. The molecular formula is C26H36ClF2N7O3. The van der Waals surface area contributed by atoms with Crippen LogP contribution in [0.4, 0.5) is 20.4 Å². The summed E-state index contributed by atoms with van der Waals surface area (Å²) in [6.07, 6.45) is 2.69. The van der Waals surface area contributed by atoms with Crippen LogP contribution in [0, 0.1) is 11.6 Å². The number of nitrogen functional groups attached to an aromatic ring is 1. The Balaban J connectivity index is 1.39. The summed E-state index contributed by atoms with van der Waals surface area (Å²) < 4.78 is 27.2. The Labute approximate surface area is 231 Å². The summed E-state index contributed by atoms with van der Waals surface area (Å²) in [7, 11) is 0. The number of aliphatic hydroxyl groups is 2. The van der Waals surface area contributed by atoms with E-state index in [-0.39, 0.29) is 48.5 Å². The monoisotopic (exact) mass is 567 g/mol. The number of hydrogen-bond donors (Lipinski definition) is 4. The fourth-order valence-electron chi connectivity index (χ4n) is 5.63. The van der Waals surface area contributed by atoms with Gasteiger partial charge in [0.2, 0.25) is 0 Å². The number of likely N-dealkylation sites (tertiary alicyclic amines) is 1. The number of nitrogens with zero attached hydrogens (tertiary/aromatic N) is 5. The zero-order valence-electron chi connectivity index (χ0n) is 22.0. The van der Waals surface area contributed by atoms with Crippen molar-refractivity contribution in [1.29, 1.82) is 0 Å². The van der Waals surface area contributed by atoms with Crippen LogP contribution in [0.25, 0.3) is 0 Å². The molecule has 13 heteroatoms. The molecule has 2 saturated heterocycles. The minimum atomic E-state index is -0.907.